The third kappa shape index (κ3) is 3.26. The first-order valence-electron chi connectivity index (χ1n) is 5.82. The van der Waals surface area contributed by atoms with E-state index >= 15 is 0 Å². The van der Waals surface area contributed by atoms with Gasteiger partial charge in [0.2, 0.25) is 0 Å². The Morgan fingerprint density at radius 1 is 1.16 bits per heavy atom. The Bertz CT molecular complexity index is 597. The summed E-state index contributed by atoms with van der Waals surface area (Å²) < 4.78 is 26.7. The summed E-state index contributed by atoms with van der Waals surface area (Å²) in [5.41, 5.74) is 2.00. The van der Waals surface area contributed by atoms with Gasteiger partial charge >= 0.3 is 0 Å². The summed E-state index contributed by atoms with van der Waals surface area (Å²) >= 11 is 12.3. The molecule has 0 radical (unpaired) electrons. The van der Waals surface area contributed by atoms with Gasteiger partial charge in [-0.3, -0.25) is 0 Å². The van der Waals surface area contributed by atoms with Gasteiger partial charge in [0.05, 0.1) is 5.38 Å². The van der Waals surface area contributed by atoms with E-state index in [1.54, 1.807) is 6.07 Å². The predicted octanol–water partition coefficient (Wildman–Crippen LogP) is 5.45. The van der Waals surface area contributed by atoms with Crippen LogP contribution in [0.4, 0.5) is 8.78 Å². The van der Waals surface area contributed by atoms with Crippen molar-refractivity contribution in [3.8, 4) is 0 Å². The first kappa shape index (κ1) is 14.3. The first-order valence-corrected chi connectivity index (χ1v) is 6.63. The molecule has 0 aliphatic rings. The maximum atomic E-state index is 13.6. The summed E-state index contributed by atoms with van der Waals surface area (Å²) in [7, 11) is 0. The number of hydrogen-bond acceptors (Lipinski definition) is 0. The third-order valence-electron chi connectivity index (χ3n) is 2.99. The molecule has 0 saturated carbocycles. The topological polar surface area (TPSA) is 0 Å². The van der Waals surface area contributed by atoms with Crippen molar-refractivity contribution >= 4 is 23.2 Å². The van der Waals surface area contributed by atoms with Crippen molar-refractivity contribution in [1.82, 2.24) is 0 Å². The zero-order valence-electron chi connectivity index (χ0n) is 10.3. The number of halogens is 4. The standard InChI is InChI=1S/C15H12Cl2F2/c1-9-5-6-10(7-12(9)16)13(17)8-11-3-2-4-14(18)15(11)19/h2-7,13H,8H2,1H3. The lowest BCUT2D eigenvalue weighted by molar-refractivity contribution is 0.498. The van der Waals surface area contributed by atoms with Crippen molar-refractivity contribution in [2.75, 3.05) is 0 Å². The van der Waals surface area contributed by atoms with Crippen molar-refractivity contribution in [3.05, 3.63) is 69.7 Å². The fourth-order valence-corrected chi connectivity index (χ4v) is 2.31. The van der Waals surface area contributed by atoms with E-state index in [4.69, 9.17) is 23.2 Å². The Labute approximate surface area is 121 Å². The molecule has 4 heteroatoms. The maximum absolute atomic E-state index is 13.6. The molecule has 2 aromatic rings. The van der Waals surface area contributed by atoms with E-state index in [9.17, 15) is 8.78 Å². The molecule has 0 aromatic heterocycles. The average molecular weight is 301 g/mol. The van der Waals surface area contributed by atoms with Crippen LogP contribution in [0.1, 0.15) is 22.1 Å². The summed E-state index contributed by atoms with van der Waals surface area (Å²) in [4.78, 5) is 0. The van der Waals surface area contributed by atoms with Gasteiger partial charge in [0, 0.05) is 5.02 Å². The monoisotopic (exact) mass is 300 g/mol. The highest BCUT2D eigenvalue weighted by atomic mass is 35.5. The van der Waals surface area contributed by atoms with Crippen LogP contribution >= 0.6 is 23.2 Å². The molecule has 1 atom stereocenters. The molecule has 0 aliphatic carbocycles. The van der Waals surface area contributed by atoms with Crippen molar-refractivity contribution in [2.24, 2.45) is 0 Å². The van der Waals surface area contributed by atoms with Crippen LogP contribution in [-0.4, -0.2) is 0 Å². The van der Waals surface area contributed by atoms with Crippen molar-refractivity contribution in [3.63, 3.8) is 0 Å². The minimum atomic E-state index is -0.858. The third-order valence-corrected chi connectivity index (χ3v) is 3.80. The van der Waals surface area contributed by atoms with Crippen molar-refractivity contribution < 1.29 is 8.78 Å². The lowest BCUT2D eigenvalue weighted by atomic mass is 10.0. The van der Waals surface area contributed by atoms with Gasteiger partial charge in [-0.15, -0.1) is 11.6 Å². The Hall–Kier alpha value is -1.12. The molecule has 0 heterocycles. The van der Waals surface area contributed by atoms with Crippen LogP contribution in [0.2, 0.25) is 5.02 Å². The normalized spacial score (nSPS) is 12.5. The van der Waals surface area contributed by atoms with Crippen molar-refractivity contribution in [2.45, 2.75) is 18.7 Å². The average Bonchev–Trinajstić information content (AvgIpc) is 2.38. The molecule has 0 spiro atoms. The highest BCUT2D eigenvalue weighted by molar-refractivity contribution is 6.31. The second kappa shape index (κ2) is 5.89. The Morgan fingerprint density at radius 2 is 1.89 bits per heavy atom. The Kier molecular flexibility index (Phi) is 4.43. The van der Waals surface area contributed by atoms with Crippen LogP contribution in [0.15, 0.2) is 36.4 Å². The van der Waals surface area contributed by atoms with Crippen LogP contribution in [-0.2, 0) is 6.42 Å². The van der Waals surface area contributed by atoms with Crippen LogP contribution in [0.25, 0.3) is 0 Å². The number of hydrogen-bond donors (Lipinski definition) is 0. The highest BCUT2D eigenvalue weighted by Crippen LogP contribution is 2.29. The Morgan fingerprint density at radius 3 is 2.58 bits per heavy atom. The molecule has 0 saturated heterocycles. The minimum absolute atomic E-state index is 0.213. The SMILES string of the molecule is Cc1ccc(C(Cl)Cc2cccc(F)c2F)cc1Cl. The van der Waals surface area contributed by atoms with Crippen LogP contribution < -0.4 is 0 Å². The summed E-state index contributed by atoms with van der Waals surface area (Å²) in [6.45, 7) is 1.89. The number of aryl methyl sites for hydroxylation is 1. The lowest BCUT2D eigenvalue weighted by Gasteiger charge is -2.12. The zero-order valence-corrected chi connectivity index (χ0v) is 11.8. The van der Waals surface area contributed by atoms with E-state index in [0.29, 0.717) is 5.02 Å². The van der Waals surface area contributed by atoms with Crippen LogP contribution in [0.3, 0.4) is 0 Å². The summed E-state index contributed by atoms with van der Waals surface area (Å²) in [5, 5.41) is 0.164. The van der Waals surface area contributed by atoms with Crippen LogP contribution in [0, 0.1) is 18.6 Å². The molecule has 0 amide bonds. The second-order valence-corrected chi connectivity index (χ2v) is 5.33. The van der Waals surface area contributed by atoms with E-state index in [1.165, 1.54) is 12.1 Å². The van der Waals surface area contributed by atoms with Gasteiger partial charge in [-0.1, -0.05) is 35.9 Å². The molecule has 2 rings (SSSR count). The molecular formula is C15H12Cl2F2. The van der Waals surface area contributed by atoms with Gasteiger partial charge in [0.1, 0.15) is 0 Å². The summed E-state index contributed by atoms with van der Waals surface area (Å²) in [6, 6.07) is 9.55. The quantitative estimate of drug-likeness (QED) is 0.661. The molecule has 2 aromatic carbocycles. The number of alkyl halides is 1. The molecule has 0 fully saturated rings. The van der Waals surface area contributed by atoms with E-state index < -0.39 is 17.0 Å². The minimum Gasteiger partial charge on any atom is -0.204 e. The summed E-state index contributed by atoms with van der Waals surface area (Å²) in [5.74, 6) is -1.70. The van der Waals surface area contributed by atoms with Crippen molar-refractivity contribution in [1.29, 1.82) is 0 Å². The highest BCUT2D eigenvalue weighted by Gasteiger charge is 2.14. The van der Waals surface area contributed by atoms with Gasteiger partial charge in [-0.2, -0.15) is 0 Å². The largest absolute Gasteiger partial charge is 0.204 e. The summed E-state index contributed by atoms with van der Waals surface area (Å²) in [6.07, 6.45) is 0.213. The molecule has 100 valence electrons. The fourth-order valence-electron chi connectivity index (χ4n) is 1.82. The molecular weight excluding hydrogens is 289 g/mol. The second-order valence-electron chi connectivity index (χ2n) is 4.39. The predicted molar refractivity (Wildman–Crippen MR) is 74.8 cm³/mol. The molecule has 0 bridgehead atoms. The molecule has 1 unspecified atom stereocenters. The molecule has 0 aliphatic heterocycles. The molecule has 0 nitrogen and oxygen atoms in total. The van der Waals surface area contributed by atoms with E-state index in [1.807, 2.05) is 19.1 Å². The van der Waals surface area contributed by atoms with Gasteiger partial charge in [0.15, 0.2) is 11.6 Å². The number of rotatable bonds is 3. The van der Waals surface area contributed by atoms with E-state index in [0.717, 1.165) is 17.2 Å². The smallest absolute Gasteiger partial charge is 0.162 e. The van der Waals surface area contributed by atoms with Gasteiger partial charge in [-0.05, 0) is 42.2 Å². The van der Waals surface area contributed by atoms with Gasteiger partial charge < -0.3 is 0 Å². The fraction of sp³-hybridized carbons (Fsp3) is 0.200. The van der Waals surface area contributed by atoms with Gasteiger partial charge in [0.25, 0.3) is 0 Å². The number of benzene rings is 2. The molecule has 19 heavy (non-hydrogen) atoms. The van der Waals surface area contributed by atoms with E-state index in [2.05, 4.69) is 0 Å². The van der Waals surface area contributed by atoms with Crippen LogP contribution in [0.5, 0.6) is 0 Å². The van der Waals surface area contributed by atoms with E-state index in [-0.39, 0.29) is 12.0 Å². The van der Waals surface area contributed by atoms with Gasteiger partial charge in [-0.25, -0.2) is 8.78 Å². The zero-order chi connectivity index (χ0) is 14.0. The molecule has 0 N–H and O–H groups in total. The lowest BCUT2D eigenvalue weighted by Crippen LogP contribution is -2.00. The first-order chi connectivity index (χ1) is 8.99. The Balaban J connectivity index is 2.23. The maximum Gasteiger partial charge on any atom is 0.162 e.